The first-order chi connectivity index (χ1) is 26.6. The van der Waals surface area contributed by atoms with Gasteiger partial charge in [0.15, 0.2) is 21.4 Å². The lowest BCUT2D eigenvalue weighted by molar-refractivity contribution is -0.385. The Bertz CT molecular complexity index is 2360. The summed E-state index contributed by atoms with van der Waals surface area (Å²) in [6, 6.07) is 7.31. The van der Waals surface area contributed by atoms with Crippen LogP contribution in [0.1, 0.15) is 61.9 Å². The van der Waals surface area contributed by atoms with Crippen LogP contribution in [0.4, 0.5) is 32.0 Å². The molecule has 1 aliphatic carbocycles. The van der Waals surface area contributed by atoms with Gasteiger partial charge in [0.05, 0.1) is 50.6 Å². The summed E-state index contributed by atoms with van der Waals surface area (Å²) in [4.78, 5) is 59.0. The topological polar surface area (TPSA) is 274 Å². The van der Waals surface area contributed by atoms with Gasteiger partial charge in [-0.3, -0.25) is 29.6 Å². The van der Waals surface area contributed by atoms with E-state index < -0.39 is 92.5 Å². The van der Waals surface area contributed by atoms with Crippen LogP contribution in [0.15, 0.2) is 70.2 Å². The van der Waals surface area contributed by atoms with E-state index in [1.807, 2.05) is 0 Å². The molecule has 1 heterocycles. The number of aromatic carboxylic acids is 1. The molecule has 0 unspecified atom stereocenters. The number of hydrogen-bond donors (Lipinski definition) is 5. The standard InChI is InChI=1S/C15H12F3NO4S.C14H7ClF3NO5.C3H8NO5P/c1-24(21,22)12-6-9(15(16,17)18)4-5-10(12)13(20)11-7-19-23-14(11)8-2-3-8;15-10-5-7(14(16,17)18)1-4-12(10)24-8-2-3-11(19(22)23)9(6-8)13(20)21;5-3(6)1-4-2-10(7,8)9/h4-8H,2-3H2,1H3;1-6H,(H,20,21);4H,1-2H2,(H,5,6)(H2,7,8,9). The zero-order valence-corrected chi connectivity index (χ0v) is 31.4. The van der Waals surface area contributed by atoms with Crippen molar-refractivity contribution in [3.05, 3.63) is 110 Å². The average Bonchev–Trinajstić information content (AvgIpc) is 3.82. The second kappa shape index (κ2) is 18.5. The lowest BCUT2D eigenvalue weighted by atomic mass is 10.0. The number of carbonyl (C=O) groups is 3. The lowest BCUT2D eigenvalue weighted by Gasteiger charge is -2.11. The molecule has 0 aliphatic heterocycles. The van der Waals surface area contributed by atoms with Crippen LogP contribution in [0.3, 0.4) is 0 Å². The van der Waals surface area contributed by atoms with Gasteiger partial charge in [-0.25, -0.2) is 13.2 Å². The quantitative estimate of drug-likeness (QED) is 0.0323. The number of aromatic nitrogens is 1. The highest BCUT2D eigenvalue weighted by molar-refractivity contribution is 7.90. The summed E-state index contributed by atoms with van der Waals surface area (Å²) in [5.74, 6) is -3.30. The van der Waals surface area contributed by atoms with Crippen LogP contribution in [-0.2, 0) is 31.5 Å². The third-order valence-corrected chi connectivity index (χ3v) is 9.29. The van der Waals surface area contributed by atoms with Gasteiger partial charge < -0.3 is 29.3 Å². The normalized spacial score (nSPS) is 13.0. The van der Waals surface area contributed by atoms with E-state index >= 15 is 0 Å². The lowest BCUT2D eigenvalue weighted by Crippen LogP contribution is -2.23. The summed E-state index contributed by atoms with van der Waals surface area (Å²) < 4.78 is 120. The fraction of sp³-hybridized carbons (Fsp3) is 0.250. The molecule has 314 valence electrons. The number of nitro benzene ring substituents is 1. The number of nitrogens with one attached hydrogen (secondary N) is 1. The molecule has 17 nitrogen and oxygen atoms in total. The summed E-state index contributed by atoms with van der Waals surface area (Å²) in [5, 5.41) is 33.0. The number of carboxylic acids is 2. The number of sulfone groups is 1. The predicted molar refractivity (Wildman–Crippen MR) is 186 cm³/mol. The second-order valence-corrected chi connectivity index (χ2v) is 15.9. The van der Waals surface area contributed by atoms with Gasteiger partial charge in [-0.15, -0.1) is 0 Å². The molecule has 1 aromatic heterocycles. The molecule has 5 rings (SSSR count). The van der Waals surface area contributed by atoms with Crippen LogP contribution in [0, 0.1) is 10.1 Å². The van der Waals surface area contributed by atoms with Crippen LogP contribution >= 0.6 is 19.2 Å². The van der Waals surface area contributed by atoms with Crippen molar-refractivity contribution in [1.29, 1.82) is 0 Å². The molecule has 0 amide bonds. The maximum absolute atomic E-state index is 12.8. The molecule has 0 atom stereocenters. The highest BCUT2D eigenvalue weighted by Crippen LogP contribution is 2.43. The smallest absolute Gasteiger partial charge is 0.416 e. The first kappa shape index (κ1) is 47.0. The molecular weight excluding hydrogens is 863 g/mol. The minimum absolute atomic E-state index is 0.0441. The molecule has 58 heavy (non-hydrogen) atoms. The SMILES string of the molecule is CS(=O)(=O)c1cc(C(F)(F)F)ccc1C(=O)c1cnoc1C1CC1.O=C(O)CNCP(=O)(O)O.O=C(O)c1cc(Oc2ccc(C(F)(F)F)cc2Cl)ccc1[N+](=O)[O-]. The molecule has 0 spiro atoms. The van der Waals surface area contributed by atoms with Gasteiger partial charge >= 0.3 is 31.9 Å². The van der Waals surface area contributed by atoms with E-state index in [1.54, 1.807) is 0 Å². The van der Waals surface area contributed by atoms with Gasteiger partial charge in [0.2, 0.25) is 0 Å². The minimum Gasteiger partial charge on any atom is -0.480 e. The molecule has 1 saturated carbocycles. The van der Waals surface area contributed by atoms with Crippen LogP contribution in [0.25, 0.3) is 0 Å². The van der Waals surface area contributed by atoms with E-state index in [0.29, 0.717) is 24.0 Å². The van der Waals surface area contributed by atoms with E-state index in [4.69, 9.17) is 40.9 Å². The van der Waals surface area contributed by atoms with E-state index in [9.17, 15) is 63.8 Å². The monoisotopic (exact) mass is 889 g/mol. The van der Waals surface area contributed by atoms with Crippen molar-refractivity contribution in [2.45, 2.75) is 36.0 Å². The molecule has 0 saturated heterocycles. The van der Waals surface area contributed by atoms with Gasteiger partial charge in [-0.05, 0) is 55.3 Å². The number of carboxylic acid groups (broad SMARTS) is 2. The molecule has 1 aliphatic rings. The summed E-state index contributed by atoms with van der Waals surface area (Å²) in [6.45, 7) is -0.439. The number of nitro groups is 1. The van der Waals surface area contributed by atoms with Crippen molar-refractivity contribution in [2.75, 3.05) is 19.1 Å². The Morgan fingerprint density at radius 1 is 0.966 bits per heavy atom. The first-order valence-electron chi connectivity index (χ1n) is 15.5. The number of hydrogen-bond acceptors (Lipinski definition) is 12. The number of ether oxygens (including phenoxy) is 1. The van der Waals surface area contributed by atoms with Gasteiger partial charge in [-0.1, -0.05) is 16.8 Å². The van der Waals surface area contributed by atoms with Crippen molar-refractivity contribution in [2.24, 2.45) is 0 Å². The Morgan fingerprint density at radius 2 is 1.55 bits per heavy atom. The second-order valence-electron chi connectivity index (χ2n) is 11.8. The van der Waals surface area contributed by atoms with Crippen molar-refractivity contribution in [3.8, 4) is 11.5 Å². The van der Waals surface area contributed by atoms with Crippen LogP contribution in [0.5, 0.6) is 11.5 Å². The number of carbonyl (C=O) groups excluding carboxylic acids is 1. The number of ketones is 1. The third-order valence-electron chi connectivity index (χ3n) is 7.22. The summed E-state index contributed by atoms with van der Waals surface area (Å²) in [6.07, 6.45) is -6.32. The number of aliphatic carboxylic acids is 1. The Balaban J connectivity index is 0.000000253. The molecule has 1 fully saturated rings. The van der Waals surface area contributed by atoms with E-state index in [-0.39, 0.29) is 33.6 Å². The number of rotatable bonds is 12. The summed E-state index contributed by atoms with van der Waals surface area (Å²) >= 11 is 5.72. The predicted octanol–water partition coefficient (Wildman–Crippen LogP) is 6.76. The zero-order chi connectivity index (χ0) is 44.0. The van der Waals surface area contributed by atoms with Crippen molar-refractivity contribution in [3.63, 3.8) is 0 Å². The Labute approximate surface area is 326 Å². The van der Waals surface area contributed by atoms with Gasteiger partial charge in [0.1, 0.15) is 17.1 Å². The Kier molecular flexibility index (Phi) is 15.0. The molecule has 4 aromatic rings. The molecule has 0 radical (unpaired) electrons. The Morgan fingerprint density at radius 3 is 2.03 bits per heavy atom. The van der Waals surface area contributed by atoms with Crippen molar-refractivity contribution in [1.82, 2.24) is 10.5 Å². The number of halogens is 7. The molecule has 5 N–H and O–H groups in total. The summed E-state index contributed by atoms with van der Waals surface area (Å²) in [7, 11) is -8.14. The highest BCUT2D eigenvalue weighted by atomic mass is 35.5. The van der Waals surface area contributed by atoms with E-state index in [0.717, 1.165) is 55.5 Å². The van der Waals surface area contributed by atoms with Crippen molar-refractivity contribution >= 4 is 52.4 Å². The van der Waals surface area contributed by atoms with Crippen molar-refractivity contribution < 1.29 is 87.9 Å². The van der Waals surface area contributed by atoms with Crippen LogP contribution < -0.4 is 10.1 Å². The Hall–Kier alpha value is -5.39. The fourth-order valence-electron chi connectivity index (χ4n) is 4.50. The molecule has 0 bridgehead atoms. The largest absolute Gasteiger partial charge is 0.480 e. The molecule has 26 heteroatoms. The molecule has 3 aromatic carbocycles. The minimum atomic E-state index is -4.71. The zero-order valence-electron chi connectivity index (χ0n) is 28.9. The van der Waals surface area contributed by atoms with Gasteiger partial charge in [0.25, 0.3) is 5.69 Å². The van der Waals surface area contributed by atoms with Crippen LogP contribution in [0.2, 0.25) is 5.02 Å². The number of nitrogens with zero attached hydrogens (tertiary/aromatic N) is 2. The maximum atomic E-state index is 12.8. The fourth-order valence-corrected chi connectivity index (χ4v) is 6.03. The molecular formula is C32H27ClF6N3O14PS. The van der Waals surface area contributed by atoms with E-state index in [1.165, 1.54) is 6.20 Å². The number of benzene rings is 3. The highest BCUT2D eigenvalue weighted by Gasteiger charge is 2.36. The number of alkyl halides is 6. The summed E-state index contributed by atoms with van der Waals surface area (Å²) in [5.41, 5.74) is -3.62. The average molecular weight is 890 g/mol. The van der Waals surface area contributed by atoms with Gasteiger partial charge in [0, 0.05) is 29.9 Å². The third kappa shape index (κ3) is 13.6. The first-order valence-corrected chi connectivity index (χ1v) is 19.6. The maximum Gasteiger partial charge on any atom is 0.416 e. The van der Waals surface area contributed by atoms with Crippen LogP contribution in [-0.4, -0.2) is 75.3 Å². The van der Waals surface area contributed by atoms with Gasteiger partial charge in [-0.2, -0.15) is 26.3 Å². The van der Waals surface area contributed by atoms with E-state index in [2.05, 4.69) is 10.5 Å².